The predicted octanol–water partition coefficient (Wildman–Crippen LogP) is 2.82. The van der Waals surface area contributed by atoms with Gasteiger partial charge in [-0.3, -0.25) is 0 Å². The first-order chi connectivity index (χ1) is 9.79. The molecule has 4 nitrogen and oxygen atoms in total. The second-order valence-corrected chi connectivity index (χ2v) is 6.99. The molecule has 2 N–H and O–H groups in total. The molecule has 0 bridgehead atoms. The Kier molecular flexibility index (Phi) is 4.79. The first kappa shape index (κ1) is 16.1. The van der Waals surface area contributed by atoms with Gasteiger partial charge in [0.05, 0.1) is 0 Å². The van der Waals surface area contributed by atoms with E-state index in [2.05, 4.69) is 39.6 Å². The maximum absolute atomic E-state index is 6.37. The summed E-state index contributed by atoms with van der Waals surface area (Å²) in [6.07, 6.45) is 0. The lowest BCUT2D eigenvalue weighted by atomic mass is 9.87. The molecule has 1 aliphatic heterocycles. The summed E-state index contributed by atoms with van der Waals surface area (Å²) in [5.74, 6) is 1.62. The van der Waals surface area contributed by atoms with Crippen molar-refractivity contribution in [3.05, 3.63) is 23.8 Å². The molecule has 2 atom stereocenters. The third-order valence-electron chi connectivity index (χ3n) is 4.39. The Morgan fingerprint density at radius 3 is 2.43 bits per heavy atom. The molecule has 1 aromatic rings. The summed E-state index contributed by atoms with van der Waals surface area (Å²) in [5, 5.41) is 0. The third-order valence-corrected chi connectivity index (χ3v) is 4.39. The first-order valence-electron chi connectivity index (χ1n) is 7.64. The lowest BCUT2D eigenvalue weighted by Crippen LogP contribution is -2.42. The minimum Gasteiger partial charge on any atom is -0.486 e. The van der Waals surface area contributed by atoms with Crippen LogP contribution < -0.4 is 15.2 Å². The molecular formula is C17H28N2O2. The number of ether oxygens (including phenoxy) is 2. The molecule has 4 heteroatoms. The molecular weight excluding hydrogens is 264 g/mol. The van der Waals surface area contributed by atoms with Gasteiger partial charge in [-0.15, -0.1) is 0 Å². The minimum atomic E-state index is -0.0318. The van der Waals surface area contributed by atoms with E-state index in [1.54, 1.807) is 0 Å². The zero-order valence-corrected chi connectivity index (χ0v) is 13.8. The Balaban J connectivity index is 2.05. The summed E-state index contributed by atoms with van der Waals surface area (Å²) in [4.78, 5) is 2.32. The molecule has 2 unspecified atom stereocenters. The highest BCUT2D eigenvalue weighted by Gasteiger charge is 2.25. The van der Waals surface area contributed by atoms with Crippen molar-refractivity contribution in [2.24, 2.45) is 11.1 Å². The van der Waals surface area contributed by atoms with E-state index in [4.69, 9.17) is 15.2 Å². The number of benzene rings is 1. The predicted molar refractivity (Wildman–Crippen MR) is 85.9 cm³/mol. The molecule has 21 heavy (non-hydrogen) atoms. The molecule has 0 spiro atoms. The van der Waals surface area contributed by atoms with Crippen molar-refractivity contribution in [3.8, 4) is 11.5 Å². The highest BCUT2D eigenvalue weighted by Crippen LogP contribution is 2.32. The normalized spacial score (nSPS) is 17.7. The molecule has 118 valence electrons. The largest absolute Gasteiger partial charge is 0.486 e. The van der Waals surface area contributed by atoms with Crippen molar-refractivity contribution in [1.29, 1.82) is 0 Å². The van der Waals surface area contributed by atoms with Crippen LogP contribution in [-0.2, 0) is 0 Å². The van der Waals surface area contributed by atoms with Crippen LogP contribution in [0, 0.1) is 5.41 Å². The van der Waals surface area contributed by atoms with E-state index in [-0.39, 0.29) is 11.5 Å². The van der Waals surface area contributed by atoms with Gasteiger partial charge in [0.25, 0.3) is 0 Å². The average molecular weight is 292 g/mol. The Hall–Kier alpha value is -1.26. The number of nitrogens with zero attached hydrogens (tertiary/aromatic N) is 1. The summed E-state index contributed by atoms with van der Waals surface area (Å²) >= 11 is 0. The Labute approximate surface area is 128 Å². The van der Waals surface area contributed by atoms with Gasteiger partial charge < -0.3 is 20.1 Å². The van der Waals surface area contributed by atoms with Crippen LogP contribution in [0.1, 0.15) is 39.3 Å². The number of hydrogen-bond acceptors (Lipinski definition) is 4. The zero-order chi connectivity index (χ0) is 15.6. The third kappa shape index (κ3) is 3.89. The summed E-state index contributed by atoms with van der Waals surface area (Å²) in [7, 11) is 2.13. The number of rotatable bonds is 4. The lowest BCUT2D eigenvalue weighted by Gasteiger charge is -2.36. The molecule has 0 amide bonds. The highest BCUT2D eigenvalue weighted by molar-refractivity contribution is 5.44. The maximum Gasteiger partial charge on any atom is 0.161 e. The van der Waals surface area contributed by atoms with Gasteiger partial charge in [-0.1, -0.05) is 26.8 Å². The van der Waals surface area contributed by atoms with Gasteiger partial charge in [-0.25, -0.2) is 0 Å². The molecule has 0 aromatic heterocycles. The molecule has 0 saturated heterocycles. The molecule has 1 aromatic carbocycles. The van der Waals surface area contributed by atoms with Crippen molar-refractivity contribution in [2.75, 3.05) is 26.8 Å². The number of hydrogen-bond donors (Lipinski definition) is 1. The van der Waals surface area contributed by atoms with E-state index in [0.29, 0.717) is 19.3 Å². The van der Waals surface area contributed by atoms with Crippen molar-refractivity contribution in [3.63, 3.8) is 0 Å². The topological polar surface area (TPSA) is 47.7 Å². The maximum atomic E-state index is 6.37. The SMILES string of the molecule is CC(N(C)CC(N)c1ccc2c(c1)OCCO2)C(C)(C)C. The Morgan fingerprint density at radius 1 is 1.19 bits per heavy atom. The molecule has 0 aliphatic carbocycles. The van der Waals surface area contributed by atoms with Gasteiger partial charge in [0, 0.05) is 18.6 Å². The number of nitrogens with two attached hydrogens (primary N) is 1. The Morgan fingerprint density at radius 2 is 1.81 bits per heavy atom. The van der Waals surface area contributed by atoms with E-state index < -0.39 is 0 Å². The van der Waals surface area contributed by atoms with Crippen molar-refractivity contribution < 1.29 is 9.47 Å². The molecule has 1 heterocycles. The first-order valence-corrected chi connectivity index (χ1v) is 7.64. The smallest absolute Gasteiger partial charge is 0.161 e. The van der Waals surface area contributed by atoms with Gasteiger partial charge in [-0.05, 0) is 37.1 Å². The van der Waals surface area contributed by atoms with Gasteiger partial charge in [0.1, 0.15) is 13.2 Å². The van der Waals surface area contributed by atoms with Crippen LogP contribution in [0.5, 0.6) is 11.5 Å². The van der Waals surface area contributed by atoms with Crippen molar-refractivity contribution >= 4 is 0 Å². The van der Waals surface area contributed by atoms with E-state index in [9.17, 15) is 0 Å². The second-order valence-electron chi connectivity index (χ2n) is 6.99. The summed E-state index contributed by atoms with van der Waals surface area (Å²) < 4.78 is 11.2. The van der Waals surface area contributed by atoms with Crippen LogP contribution in [0.3, 0.4) is 0 Å². The van der Waals surface area contributed by atoms with Crippen LogP contribution in [0.4, 0.5) is 0 Å². The fourth-order valence-electron chi connectivity index (χ4n) is 2.53. The summed E-state index contributed by atoms with van der Waals surface area (Å²) in [5.41, 5.74) is 7.70. The van der Waals surface area contributed by atoms with Crippen molar-refractivity contribution in [2.45, 2.75) is 39.8 Å². The number of fused-ring (bicyclic) bond motifs is 1. The van der Waals surface area contributed by atoms with Gasteiger partial charge >= 0.3 is 0 Å². The number of likely N-dealkylation sites (N-methyl/N-ethyl adjacent to an activating group) is 1. The molecule has 0 radical (unpaired) electrons. The van der Waals surface area contributed by atoms with E-state index in [1.165, 1.54) is 0 Å². The second kappa shape index (κ2) is 6.24. The fourth-order valence-corrected chi connectivity index (χ4v) is 2.53. The summed E-state index contributed by atoms with van der Waals surface area (Å²) in [6, 6.07) is 6.43. The van der Waals surface area contributed by atoms with Crippen LogP contribution in [0.25, 0.3) is 0 Å². The monoisotopic (exact) mass is 292 g/mol. The average Bonchev–Trinajstić information content (AvgIpc) is 2.44. The van der Waals surface area contributed by atoms with Crippen LogP contribution in [0.15, 0.2) is 18.2 Å². The van der Waals surface area contributed by atoms with Gasteiger partial charge in [0.15, 0.2) is 11.5 Å². The van der Waals surface area contributed by atoms with E-state index in [1.807, 2.05) is 18.2 Å². The molecule has 2 rings (SSSR count). The molecule has 0 saturated carbocycles. The van der Waals surface area contributed by atoms with Crippen molar-refractivity contribution in [1.82, 2.24) is 4.90 Å². The quantitative estimate of drug-likeness (QED) is 0.927. The van der Waals surface area contributed by atoms with E-state index in [0.717, 1.165) is 23.6 Å². The van der Waals surface area contributed by atoms with Crippen LogP contribution in [0.2, 0.25) is 0 Å². The standard InChI is InChI=1S/C17H28N2O2/c1-12(17(2,3)4)19(5)11-14(18)13-6-7-15-16(10-13)21-9-8-20-15/h6-7,10,12,14H,8-9,11,18H2,1-5H3. The Bertz CT molecular complexity index is 482. The van der Waals surface area contributed by atoms with Crippen LogP contribution in [-0.4, -0.2) is 37.7 Å². The lowest BCUT2D eigenvalue weighted by molar-refractivity contribution is 0.134. The fraction of sp³-hybridized carbons (Fsp3) is 0.647. The molecule has 1 aliphatic rings. The van der Waals surface area contributed by atoms with E-state index >= 15 is 0 Å². The minimum absolute atomic E-state index is 0.0318. The van der Waals surface area contributed by atoms with Gasteiger partial charge in [0.2, 0.25) is 0 Å². The van der Waals surface area contributed by atoms with Gasteiger partial charge in [-0.2, -0.15) is 0 Å². The van der Waals surface area contributed by atoms with Crippen LogP contribution >= 0.6 is 0 Å². The highest BCUT2D eigenvalue weighted by atomic mass is 16.6. The summed E-state index contributed by atoms with van der Waals surface area (Å²) in [6.45, 7) is 11.0. The zero-order valence-electron chi connectivity index (χ0n) is 13.8. The molecule has 0 fully saturated rings.